The number of carbonyl (C=O) groups is 3. The SMILES string of the molecule is COc1cccc2c1C(=O)c1c(O)c3c(c(O)c1C2=O)C[C@@](O)(C(=O)CO)C[C@@H]3OC1C[C@H](N)C(O)[C@H](C)O1. The van der Waals surface area contributed by atoms with Crippen molar-refractivity contribution in [1.29, 1.82) is 0 Å². The van der Waals surface area contributed by atoms with E-state index in [0.717, 1.165) is 0 Å². The van der Waals surface area contributed by atoms with E-state index >= 15 is 0 Å². The number of aliphatic hydroxyl groups excluding tert-OH is 2. The van der Waals surface area contributed by atoms with Crippen LogP contribution >= 0.6 is 0 Å². The van der Waals surface area contributed by atoms with E-state index in [0.29, 0.717) is 0 Å². The molecule has 7 N–H and O–H groups in total. The summed E-state index contributed by atoms with van der Waals surface area (Å²) < 4.78 is 17.0. The number of benzene rings is 2. The summed E-state index contributed by atoms with van der Waals surface area (Å²) in [6.07, 6.45) is -5.12. The van der Waals surface area contributed by atoms with Crippen LogP contribution in [-0.4, -0.2) is 86.7 Å². The van der Waals surface area contributed by atoms with Gasteiger partial charge in [0, 0.05) is 42.0 Å². The molecule has 1 fully saturated rings. The van der Waals surface area contributed by atoms with E-state index in [2.05, 4.69) is 0 Å². The van der Waals surface area contributed by atoms with Crippen molar-refractivity contribution >= 4 is 17.3 Å². The molecule has 0 bridgehead atoms. The van der Waals surface area contributed by atoms with Gasteiger partial charge in [0.1, 0.15) is 29.5 Å². The second-order valence-electron chi connectivity index (χ2n) is 10.2. The van der Waals surface area contributed by atoms with Crippen molar-refractivity contribution in [1.82, 2.24) is 0 Å². The number of ether oxygens (including phenoxy) is 3. The van der Waals surface area contributed by atoms with Crippen molar-refractivity contribution in [3.05, 3.63) is 51.6 Å². The van der Waals surface area contributed by atoms with Crippen molar-refractivity contribution in [2.24, 2.45) is 5.73 Å². The number of ketones is 3. The average molecular weight is 544 g/mol. The Hall–Kier alpha value is -3.39. The molecule has 0 saturated carbocycles. The van der Waals surface area contributed by atoms with E-state index in [-0.39, 0.29) is 34.4 Å². The normalized spacial score (nSPS) is 29.8. The number of hydrogen-bond donors (Lipinski definition) is 6. The molecule has 1 aliphatic heterocycles. The number of Topliss-reactive ketones (excluding diaryl/α,β-unsaturated/α-hetero) is 1. The monoisotopic (exact) mass is 543 g/mol. The van der Waals surface area contributed by atoms with E-state index in [1.165, 1.54) is 25.3 Å². The summed E-state index contributed by atoms with van der Waals surface area (Å²) in [6, 6.07) is 3.64. The Morgan fingerprint density at radius 1 is 1.15 bits per heavy atom. The average Bonchev–Trinajstić information content (AvgIpc) is 2.90. The quantitative estimate of drug-likeness (QED) is 0.235. The molecule has 12 nitrogen and oxygen atoms in total. The highest BCUT2D eigenvalue weighted by Crippen LogP contribution is 2.52. The first-order valence-electron chi connectivity index (χ1n) is 12.4. The van der Waals surface area contributed by atoms with E-state index in [1.807, 2.05) is 0 Å². The zero-order valence-electron chi connectivity index (χ0n) is 21.2. The van der Waals surface area contributed by atoms with E-state index in [4.69, 9.17) is 19.9 Å². The van der Waals surface area contributed by atoms with Gasteiger partial charge in [-0.25, -0.2) is 0 Å². The maximum absolute atomic E-state index is 13.6. The summed E-state index contributed by atoms with van der Waals surface area (Å²) in [5.41, 5.74) is 2.37. The molecule has 208 valence electrons. The van der Waals surface area contributed by atoms with Gasteiger partial charge in [-0.15, -0.1) is 0 Å². The lowest BCUT2D eigenvalue weighted by Crippen LogP contribution is -2.53. The Kier molecular flexibility index (Phi) is 6.74. The molecule has 2 aliphatic carbocycles. The van der Waals surface area contributed by atoms with Crippen LogP contribution in [0.15, 0.2) is 18.2 Å². The molecule has 12 heteroatoms. The topological polar surface area (TPSA) is 206 Å². The third kappa shape index (κ3) is 4.11. The molecule has 2 unspecified atom stereocenters. The second kappa shape index (κ2) is 9.66. The van der Waals surface area contributed by atoms with Gasteiger partial charge in [0.05, 0.1) is 42.1 Å². The Morgan fingerprint density at radius 3 is 2.49 bits per heavy atom. The predicted molar refractivity (Wildman–Crippen MR) is 132 cm³/mol. The Morgan fingerprint density at radius 2 is 1.85 bits per heavy atom. The maximum Gasteiger partial charge on any atom is 0.202 e. The largest absolute Gasteiger partial charge is 0.507 e. The molecule has 0 spiro atoms. The molecule has 0 radical (unpaired) electrons. The number of phenolic OH excluding ortho intramolecular Hbond substituents is 2. The van der Waals surface area contributed by atoms with Crippen LogP contribution in [0, 0.1) is 0 Å². The molecule has 2 aromatic carbocycles. The van der Waals surface area contributed by atoms with Gasteiger partial charge in [0.2, 0.25) is 5.78 Å². The van der Waals surface area contributed by atoms with Gasteiger partial charge < -0.3 is 45.5 Å². The van der Waals surface area contributed by atoms with Crippen molar-refractivity contribution in [3.63, 3.8) is 0 Å². The smallest absolute Gasteiger partial charge is 0.202 e. The zero-order valence-corrected chi connectivity index (χ0v) is 21.2. The standard InChI is InChI=1S/C27H29NO11/c1-10-22(31)13(28)6-17(38-10)39-15-8-27(36,16(30)9-29)7-12-19(15)26(35)21-20(24(12)33)23(32)11-4-3-5-14(37-2)18(11)25(21)34/h3-5,10,13,15,17,22,29,31,33,35-36H,6-9,28H2,1-2H3/t10-,13-,15-,17?,22?,27-/m0/s1. The Bertz CT molecular complexity index is 1380. The van der Waals surface area contributed by atoms with E-state index < -0.39 is 95.7 Å². The first kappa shape index (κ1) is 27.2. The molecule has 3 aliphatic rings. The molecule has 5 rings (SSSR count). The minimum Gasteiger partial charge on any atom is -0.507 e. The fourth-order valence-corrected chi connectivity index (χ4v) is 5.75. The number of rotatable bonds is 5. The van der Waals surface area contributed by atoms with E-state index in [9.17, 15) is 39.9 Å². The molecule has 1 saturated heterocycles. The molecular formula is C27H29NO11. The number of nitrogens with two attached hydrogens (primary N) is 1. The lowest BCUT2D eigenvalue weighted by Gasteiger charge is -2.42. The molecule has 39 heavy (non-hydrogen) atoms. The highest BCUT2D eigenvalue weighted by molar-refractivity contribution is 6.31. The third-order valence-corrected chi connectivity index (χ3v) is 7.81. The van der Waals surface area contributed by atoms with Crippen molar-refractivity contribution in [2.45, 2.75) is 62.4 Å². The number of phenols is 2. The summed E-state index contributed by atoms with van der Waals surface area (Å²) in [6.45, 7) is 0.560. The summed E-state index contributed by atoms with van der Waals surface area (Å²) in [7, 11) is 1.32. The number of methoxy groups -OCH3 is 1. The van der Waals surface area contributed by atoms with Gasteiger partial charge in [0.15, 0.2) is 17.9 Å². The highest BCUT2D eigenvalue weighted by atomic mass is 16.7. The number of fused-ring (bicyclic) bond motifs is 3. The van der Waals surface area contributed by atoms with Crippen LogP contribution in [0.3, 0.4) is 0 Å². The van der Waals surface area contributed by atoms with Crippen molar-refractivity contribution in [3.8, 4) is 17.2 Å². The fraction of sp³-hybridized carbons (Fsp3) is 0.444. The van der Waals surface area contributed by atoms with Gasteiger partial charge in [-0.3, -0.25) is 14.4 Å². The van der Waals surface area contributed by atoms with Crippen LogP contribution < -0.4 is 10.5 Å². The number of aromatic hydroxyl groups is 2. The summed E-state index contributed by atoms with van der Waals surface area (Å²) in [5.74, 6) is -3.77. The lowest BCUT2D eigenvalue weighted by atomic mass is 9.72. The third-order valence-electron chi connectivity index (χ3n) is 7.81. The zero-order chi connectivity index (χ0) is 28.4. The first-order valence-corrected chi connectivity index (χ1v) is 12.4. The summed E-state index contributed by atoms with van der Waals surface area (Å²) in [5, 5.41) is 53.7. The minimum absolute atomic E-state index is 0.0173. The van der Waals surface area contributed by atoms with Crippen LogP contribution in [0.5, 0.6) is 17.2 Å². The van der Waals surface area contributed by atoms with Crippen LogP contribution in [0.4, 0.5) is 0 Å². The molecular weight excluding hydrogens is 514 g/mol. The van der Waals surface area contributed by atoms with Crippen molar-refractivity contribution < 1.29 is 54.1 Å². The lowest BCUT2D eigenvalue weighted by molar-refractivity contribution is -0.247. The van der Waals surface area contributed by atoms with Gasteiger partial charge in [-0.1, -0.05) is 12.1 Å². The van der Waals surface area contributed by atoms with Crippen LogP contribution in [-0.2, 0) is 20.7 Å². The molecule has 1 heterocycles. The number of carbonyl (C=O) groups excluding carboxylic acids is 3. The van der Waals surface area contributed by atoms with E-state index in [1.54, 1.807) is 6.92 Å². The fourth-order valence-electron chi connectivity index (χ4n) is 5.75. The number of aliphatic hydroxyl groups is 3. The van der Waals surface area contributed by atoms with Gasteiger partial charge in [-0.05, 0) is 13.0 Å². The van der Waals surface area contributed by atoms with Crippen LogP contribution in [0.1, 0.15) is 68.8 Å². The highest BCUT2D eigenvalue weighted by Gasteiger charge is 2.50. The Labute approximate surface area is 222 Å². The van der Waals surface area contributed by atoms with Crippen molar-refractivity contribution in [2.75, 3.05) is 13.7 Å². The maximum atomic E-state index is 13.6. The van der Waals surface area contributed by atoms with Gasteiger partial charge >= 0.3 is 0 Å². The summed E-state index contributed by atoms with van der Waals surface area (Å²) in [4.78, 5) is 39.7. The van der Waals surface area contributed by atoms with Crippen LogP contribution in [0.25, 0.3) is 0 Å². The molecule has 6 atom stereocenters. The van der Waals surface area contributed by atoms with Crippen LogP contribution in [0.2, 0.25) is 0 Å². The Balaban J connectivity index is 1.69. The van der Waals surface area contributed by atoms with Gasteiger partial charge in [0.25, 0.3) is 0 Å². The number of hydrogen-bond acceptors (Lipinski definition) is 12. The molecule has 0 amide bonds. The summed E-state index contributed by atoms with van der Waals surface area (Å²) >= 11 is 0. The first-order chi connectivity index (χ1) is 18.4. The molecule has 0 aromatic heterocycles. The molecule has 2 aromatic rings. The second-order valence-corrected chi connectivity index (χ2v) is 10.2. The predicted octanol–water partition coefficient (Wildman–Crippen LogP) is 0.00130. The van der Waals surface area contributed by atoms with Gasteiger partial charge in [-0.2, -0.15) is 0 Å². The minimum atomic E-state index is -2.24.